The van der Waals surface area contributed by atoms with Gasteiger partial charge in [-0.05, 0) is 30.5 Å². The minimum Gasteiger partial charge on any atom is -0.383 e. The SMILES string of the molecule is CCCN(C(=O)c1ccccc1C)c1c(N)n(Cc2ccccc2)c(=O)[nH]c1=O. The predicted octanol–water partition coefficient (Wildman–Crippen LogP) is 2.53. The van der Waals surface area contributed by atoms with E-state index in [9.17, 15) is 14.4 Å². The van der Waals surface area contributed by atoms with Gasteiger partial charge in [-0.3, -0.25) is 19.1 Å². The molecule has 1 heterocycles. The Balaban J connectivity index is 2.12. The van der Waals surface area contributed by atoms with Crippen molar-refractivity contribution in [3.8, 4) is 0 Å². The Morgan fingerprint density at radius 2 is 1.72 bits per heavy atom. The van der Waals surface area contributed by atoms with Crippen LogP contribution in [0.15, 0.2) is 64.2 Å². The van der Waals surface area contributed by atoms with Crippen molar-refractivity contribution in [3.63, 3.8) is 0 Å². The van der Waals surface area contributed by atoms with Gasteiger partial charge in [0.05, 0.1) is 6.54 Å². The second-order valence-corrected chi connectivity index (χ2v) is 6.84. The largest absolute Gasteiger partial charge is 0.383 e. The fourth-order valence-electron chi connectivity index (χ4n) is 3.26. The minimum absolute atomic E-state index is 0.00404. The molecule has 7 heteroatoms. The van der Waals surface area contributed by atoms with E-state index < -0.39 is 11.2 Å². The Labute approximate surface area is 168 Å². The molecule has 7 nitrogen and oxygen atoms in total. The number of carbonyl (C=O) groups excluding carboxylic acids is 1. The summed E-state index contributed by atoms with van der Waals surface area (Å²) < 4.78 is 1.28. The fraction of sp³-hybridized carbons (Fsp3) is 0.227. The number of aromatic amines is 1. The van der Waals surface area contributed by atoms with Crippen molar-refractivity contribution in [2.45, 2.75) is 26.8 Å². The van der Waals surface area contributed by atoms with E-state index in [0.717, 1.165) is 11.1 Å². The number of nitrogens with one attached hydrogen (secondary N) is 1. The van der Waals surface area contributed by atoms with Gasteiger partial charge in [-0.25, -0.2) is 4.79 Å². The molecular formula is C22H24N4O3. The predicted molar refractivity (Wildman–Crippen MR) is 114 cm³/mol. The van der Waals surface area contributed by atoms with Crippen LogP contribution in [0.4, 0.5) is 11.5 Å². The Kier molecular flexibility index (Phi) is 5.97. The zero-order valence-corrected chi connectivity index (χ0v) is 16.5. The highest BCUT2D eigenvalue weighted by Gasteiger charge is 2.25. The molecule has 0 saturated carbocycles. The van der Waals surface area contributed by atoms with Crippen molar-refractivity contribution in [2.24, 2.45) is 0 Å². The molecule has 0 spiro atoms. The number of nitrogens with zero attached hydrogens (tertiary/aromatic N) is 2. The van der Waals surface area contributed by atoms with Gasteiger partial charge in [0.25, 0.3) is 11.5 Å². The van der Waals surface area contributed by atoms with E-state index in [-0.39, 0.29) is 24.0 Å². The summed E-state index contributed by atoms with van der Waals surface area (Å²) in [6, 6.07) is 16.5. The van der Waals surface area contributed by atoms with Crippen LogP contribution in [0.2, 0.25) is 0 Å². The van der Waals surface area contributed by atoms with Crippen molar-refractivity contribution in [1.82, 2.24) is 9.55 Å². The molecule has 3 rings (SSSR count). The third kappa shape index (κ3) is 4.13. The minimum atomic E-state index is -0.674. The summed E-state index contributed by atoms with van der Waals surface area (Å²) >= 11 is 0. The van der Waals surface area contributed by atoms with Crippen LogP contribution in [0.1, 0.15) is 34.8 Å². The molecule has 3 aromatic rings. The number of hydrogen-bond donors (Lipinski definition) is 2. The van der Waals surface area contributed by atoms with E-state index in [4.69, 9.17) is 5.73 Å². The number of amides is 1. The maximum atomic E-state index is 13.2. The van der Waals surface area contributed by atoms with Gasteiger partial charge >= 0.3 is 5.69 Å². The second-order valence-electron chi connectivity index (χ2n) is 6.84. The summed E-state index contributed by atoms with van der Waals surface area (Å²) in [5.74, 6) is -0.356. The molecule has 3 N–H and O–H groups in total. The lowest BCUT2D eigenvalue weighted by molar-refractivity contribution is 0.0986. The number of rotatable bonds is 6. The number of nitrogen functional groups attached to an aromatic ring is 1. The quantitative estimate of drug-likeness (QED) is 0.673. The number of aromatic nitrogens is 2. The zero-order chi connectivity index (χ0) is 21.0. The van der Waals surface area contributed by atoms with E-state index >= 15 is 0 Å². The van der Waals surface area contributed by atoms with Gasteiger partial charge in [-0.1, -0.05) is 55.5 Å². The molecule has 150 valence electrons. The van der Waals surface area contributed by atoms with E-state index in [1.807, 2.05) is 56.3 Å². The van der Waals surface area contributed by atoms with Gasteiger partial charge < -0.3 is 10.6 Å². The number of H-pyrrole nitrogens is 1. The molecule has 0 saturated heterocycles. The van der Waals surface area contributed by atoms with Gasteiger partial charge in [0.2, 0.25) is 0 Å². The lowest BCUT2D eigenvalue weighted by Gasteiger charge is -2.24. The molecule has 1 amide bonds. The van der Waals surface area contributed by atoms with Crippen LogP contribution >= 0.6 is 0 Å². The highest BCUT2D eigenvalue weighted by molar-refractivity contribution is 6.08. The summed E-state index contributed by atoms with van der Waals surface area (Å²) in [4.78, 5) is 42.0. The number of carbonyl (C=O) groups is 1. The summed E-state index contributed by atoms with van der Waals surface area (Å²) in [6.07, 6.45) is 0.619. The first-order valence-corrected chi connectivity index (χ1v) is 9.48. The lowest BCUT2D eigenvalue weighted by Crippen LogP contribution is -2.41. The van der Waals surface area contributed by atoms with Crippen LogP contribution in [0.25, 0.3) is 0 Å². The zero-order valence-electron chi connectivity index (χ0n) is 16.5. The van der Waals surface area contributed by atoms with E-state index in [2.05, 4.69) is 4.98 Å². The molecule has 0 bridgehead atoms. The number of aryl methyl sites for hydroxylation is 1. The number of benzene rings is 2. The topological polar surface area (TPSA) is 101 Å². The molecule has 0 unspecified atom stereocenters. The average Bonchev–Trinajstić information content (AvgIpc) is 2.71. The average molecular weight is 392 g/mol. The van der Waals surface area contributed by atoms with Crippen molar-refractivity contribution in [3.05, 3.63) is 92.1 Å². The van der Waals surface area contributed by atoms with Crippen molar-refractivity contribution < 1.29 is 4.79 Å². The third-order valence-electron chi connectivity index (χ3n) is 4.74. The highest BCUT2D eigenvalue weighted by atomic mass is 16.2. The molecule has 1 aromatic heterocycles. The van der Waals surface area contributed by atoms with E-state index in [1.165, 1.54) is 9.47 Å². The second kappa shape index (κ2) is 8.60. The molecule has 0 fully saturated rings. The van der Waals surface area contributed by atoms with Crippen molar-refractivity contribution >= 4 is 17.4 Å². The molecule has 0 aliphatic rings. The first kappa shape index (κ1) is 20.1. The summed E-state index contributed by atoms with van der Waals surface area (Å²) in [5.41, 5.74) is 7.12. The molecular weight excluding hydrogens is 368 g/mol. The van der Waals surface area contributed by atoms with Gasteiger partial charge in [0.1, 0.15) is 5.82 Å². The van der Waals surface area contributed by atoms with Gasteiger partial charge in [-0.2, -0.15) is 0 Å². The summed E-state index contributed by atoms with van der Waals surface area (Å²) in [7, 11) is 0. The molecule has 2 aromatic carbocycles. The Bertz CT molecular complexity index is 1130. The fourth-order valence-corrected chi connectivity index (χ4v) is 3.26. The van der Waals surface area contributed by atoms with Crippen molar-refractivity contribution in [1.29, 1.82) is 0 Å². The van der Waals surface area contributed by atoms with Gasteiger partial charge in [0, 0.05) is 12.1 Å². The summed E-state index contributed by atoms with van der Waals surface area (Å²) in [5, 5.41) is 0. The smallest absolute Gasteiger partial charge is 0.330 e. The molecule has 0 atom stereocenters. The molecule has 0 aliphatic heterocycles. The number of anilines is 2. The molecule has 0 aliphatic carbocycles. The lowest BCUT2D eigenvalue weighted by atomic mass is 10.1. The summed E-state index contributed by atoms with van der Waals surface area (Å²) in [6.45, 7) is 4.22. The standard InChI is InChI=1S/C22H24N4O3/c1-3-13-25(21(28)17-12-8-7-9-15(17)2)18-19(23)26(22(29)24-20(18)27)14-16-10-5-4-6-11-16/h4-12H,3,13-14,23H2,1-2H3,(H,24,27,29). The number of hydrogen-bond acceptors (Lipinski definition) is 4. The monoisotopic (exact) mass is 392 g/mol. The maximum absolute atomic E-state index is 13.2. The van der Waals surface area contributed by atoms with E-state index in [0.29, 0.717) is 18.5 Å². The first-order chi connectivity index (χ1) is 13.9. The maximum Gasteiger partial charge on any atom is 0.330 e. The normalized spacial score (nSPS) is 10.7. The van der Waals surface area contributed by atoms with Crippen LogP contribution < -0.4 is 21.9 Å². The Hall–Kier alpha value is -3.61. The van der Waals surface area contributed by atoms with Crippen LogP contribution in [-0.4, -0.2) is 22.0 Å². The van der Waals surface area contributed by atoms with E-state index in [1.54, 1.807) is 12.1 Å². The van der Waals surface area contributed by atoms with Crippen LogP contribution in [-0.2, 0) is 6.54 Å². The number of nitrogens with two attached hydrogens (primary N) is 1. The Morgan fingerprint density at radius 3 is 2.38 bits per heavy atom. The molecule has 29 heavy (non-hydrogen) atoms. The first-order valence-electron chi connectivity index (χ1n) is 9.48. The van der Waals surface area contributed by atoms with Crippen LogP contribution in [0.3, 0.4) is 0 Å². The van der Waals surface area contributed by atoms with Crippen LogP contribution in [0, 0.1) is 6.92 Å². The van der Waals surface area contributed by atoms with Crippen molar-refractivity contribution in [2.75, 3.05) is 17.2 Å². The third-order valence-corrected chi connectivity index (χ3v) is 4.74. The van der Waals surface area contributed by atoms with Crippen LogP contribution in [0.5, 0.6) is 0 Å². The highest BCUT2D eigenvalue weighted by Crippen LogP contribution is 2.21. The Morgan fingerprint density at radius 1 is 1.07 bits per heavy atom. The molecule has 0 radical (unpaired) electrons. The van der Waals surface area contributed by atoms with Gasteiger partial charge in [-0.15, -0.1) is 0 Å². The van der Waals surface area contributed by atoms with Gasteiger partial charge in [0.15, 0.2) is 5.69 Å².